The van der Waals surface area contributed by atoms with Gasteiger partial charge in [-0.1, -0.05) is 48.5 Å². The van der Waals surface area contributed by atoms with Gasteiger partial charge in [0.05, 0.1) is 0 Å². The molecule has 1 aliphatic heterocycles. The number of nitrogens with two attached hydrogens (primary N) is 1. The van der Waals surface area contributed by atoms with Gasteiger partial charge in [-0.3, -0.25) is 14.5 Å². The number of quaternary nitrogens is 2. The maximum atomic E-state index is 13.5. The molecule has 0 spiro atoms. The Bertz CT molecular complexity index is 1090. The summed E-state index contributed by atoms with van der Waals surface area (Å²) in [6, 6.07) is 14.1. The van der Waals surface area contributed by atoms with Gasteiger partial charge in [-0.15, -0.1) is 0 Å². The zero-order valence-electron chi connectivity index (χ0n) is 20.2. The van der Waals surface area contributed by atoms with Gasteiger partial charge in [0, 0.05) is 18.5 Å². The molecular weight excluding hydrogens is 466 g/mol. The normalized spacial score (nSPS) is 17.9. The van der Waals surface area contributed by atoms with Crippen molar-refractivity contribution in [3.8, 4) is 0 Å². The molecule has 0 aliphatic carbocycles. The van der Waals surface area contributed by atoms with E-state index in [-0.39, 0.29) is 0 Å². The first-order valence-electron chi connectivity index (χ1n) is 11.9. The van der Waals surface area contributed by atoms with E-state index >= 15 is 0 Å². The molecule has 36 heavy (non-hydrogen) atoms. The third-order valence-electron chi connectivity index (χ3n) is 6.42. The molecule has 0 unspecified atom stereocenters. The molecule has 1 heterocycles. The van der Waals surface area contributed by atoms with E-state index in [1.165, 1.54) is 11.8 Å². The lowest BCUT2D eigenvalue weighted by Crippen LogP contribution is -2.99. The maximum Gasteiger partial charge on any atom is 0.366 e. The fourth-order valence-corrected chi connectivity index (χ4v) is 4.31. The number of aliphatic carboxylic acids is 2. The predicted octanol–water partition coefficient (Wildman–Crippen LogP) is -0.389. The Hall–Kier alpha value is -3.76. The van der Waals surface area contributed by atoms with E-state index in [1.54, 1.807) is 17.4 Å². The highest BCUT2D eigenvalue weighted by molar-refractivity contribution is 6.01. The summed E-state index contributed by atoms with van der Waals surface area (Å²) in [6.45, 7) is 0.984. The highest BCUT2D eigenvalue weighted by atomic mass is 16.5. The molecule has 4 atom stereocenters. The van der Waals surface area contributed by atoms with Crippen LogP contribution in [0.5, 0.6) is 0 Å². The van der Waals surface area contributed by atoms with Crippen molar-refractivity contribution in [2.45, 2.75) is 56.8 Å². The molecule has 0 bridgehead atoms. The minimum atomic E-state index is -1.18. The first kappa shape index (κ1) is 26.8. The number of hydrogen-bond acceptors (Lipinski definition) is 5. The van der Waals surface area contributed by atoms with Crippen LogP contribution < -0.4 is 16.0 Å². The highest BCUT2D eigenvalue weighted by Crippen LogP contribution is 2.26. The first-order valence-corrected chi connectivity index (χ1v) is 11.9. The van der Waals surface area contributed by atoms with Crippen molar-refractivity contribution in [2.75, 3.05) is 11.4 Å². The van der Waals surface area contributed by atoms with Crippen molar-refractivity contribution in [1.29, 1.82) is 0 Å². The monoisotopic (exact) mass is 499 g/mol. The Kier molecular flexibility index (Phi) is 9.15. The highest BCUT2D eigenvalue weighted by Gasteiger charge is 2.39. The number of nitrogens with zero attached hydrogens (tertiary/aromatic N) is 1. The number of carboxylic acid groups (broad SMARTS) is 2. The van der Waals surface area contributed by atoms with Gasteiger partial charge >= 0.3 is 17.9 Å². The minimum absolute atomic E-state index is 0.347. The molecule has 0 fully saturated rings. The summed E-state index contributed by atoms with van der Waals surface area (Å²) in [7, 11) is 0. The second kappa shape index (κ2) is 12.3. The number of fused-ring (bicyclic) bond motifs is 1. The molecular formula is C26H33N3O7+2. The summed E-state index contributed by atoms with van der Waals surface area (Å²) in [5, 5.41) is 20.3. The quantitative estimate of drug-likeness (QED) is 0.306. The summed E-state index contributed by atoms with van der Waals surface area (Å²) in [6.07, 6.45) is 0.873. The van der Waals surface area contributed by atoms with Crippen molar-refractivity contribution < 1.29 is 45.2 Å². The SMILES string of the molecule is C[C@@H](OC(=O)[C@H](CCc1ccccc1)[NH2+][C@@H]1CCc2ccccc2N(CC(=O)O)C1=O)[C@H]([NH3+])C(=O)O. The standard InChI is InChI=1S/C26H31N3O7/c1-16(23(27)25(33)34)36-26(35)20(13-11-17-7-3-2-4-8-17)28-19-14-12-18-9-5-6-10-21(18)29(24(19)32)15-22(30)31/h2-10,16,19-20,23,28H,11-15,27H2,1H3,(H,30,31)(H,33,34)/p+2/t16-,19-,20+,23+/m1/s1. The van der Waals surface area contributed by atoms with Crippen LogP contribution in [0.1, 0.15) is 30.9 Å². The topological polar surface area (TPSA) is 165 Å². The largest absolute Gasteiger partial charge is 0.480 e. The van der Waals surface area contributed by atoms with Gasteiger partial charge in [0.15, 0.2) is 18.2 Å². The van der Waals surface area contributed by atoms with E-state index in [1.807, 2.05) is 42.5 Å². The number of amides is 1. The summed E-state index contributed by atoms with van der Waals surface area (Å²) < 4.78 is 5.45. The second-order valence-electron chi connectivity index (χ2n) is 9.00. The molecule has 3 rings (SSSR count). The molecule has 192 valence electrons. The number of aryl methyl sites for hydroxylation is 2. The number of para-hydroxylation sites is 1. The van der Waals surface area contributed by atoms with E-state index < -0.39 is 54.6 Å². The molecule has 1 aliphatic rings. The lowest BCUT2D eigenvalue weighted by atomic mass is 10.0. The van der Waals surface area contributed by atoms with Crippen LogP contribution in [0.2, 0.25) is 0 Å². The second-order valence-corrected chi connectivity index (χ2v) is 9.00. The number of anilines is 1. The van der Waals surface area contributed by atoms with Gasteiger partial charge < -0.3 is 26.0 Å². The van der Waals surface area contributed by atoms with Crippen molar-refractivity contribution in [2.24, 2.45) is 0 Å². The number of rotatable bonds is 11. The van der Waals surface area contributed by atoms with Crippen LogP contribution in [-0.2, 0) is 36.8 Å². The summed E-state index contributed by atoms with van der Waals surface area (Å²) >= 11 is 0. The lowest BCUT2D eigenvalue weighted by molar-refractivity contribution is -0.699. The summed E-state index contributed by atoms with van der Waals surface area (Å²) in [4.78, 5) is 50.7. The number of benzene rings is 2. The lowest BCUT2D eigenvalue weighted by Gasteiger charge is -2.26. The number of esters is 1. The molecule has 1 amide bonds. The van der Waals surface area contributed by atoms with E-state index in [9.17, 15) is 29.4 Å². The fourth-order valence-electron chi connectivity index (χ4n) is 4.31. The van der Waals surface area contributed by atoms with E-state index in [0.717, 1.165) is 11.1 Å². The van der Waals surface area contributed by atoms with Gasteiger partial charge in [-0.2, -0.15) is 0 Å². The van der Waals surface area contributed by atoms with Crippen LogP contribution in [0.15, 0.2) is 54.6 Å². The predicted molar refractivity (Wildman–Crippen MR) is 129 cm³/mol. The molecule has 7 N–H and O–H groups in total. The Morgan fingerprint density at radius 3 is 2.44 bits per heavy atom. The average Bonchev–Trinajstić information content (AvgIpc) is 2.98. The van der Waals surface area contributed by atoms with Crippen molar-refractivity contribution in [3.05, 3.63) is 65.7 Å². The van der Waals surface area contributed by atoms with Gasteiger partial charge in [0.1, 0.15) is 6.54 Å². The van der Waals surface area contributed by atoms with E-state index in [0.29, 0.717) is 31.4 Å². The molecule has 0 radical (unpaired) electrons. The van der Waals surface area contributed by atoms with E-state index in [4.69, 9.17) is 4.74 Å². The van der Waals surface area contributed by atoms with Gasteiger partial charge in [0.25, 0.3) is 5.91 Å². The van der Waals surface area contributed by atoms with Crippen LogP contribution in [-0.4, -0.2) is 64.8 Å². The number of hydrogen-bond donors (Lipinski definition) is 4. The van der Waals surface area contributed by atoms with Crippen LogP contribution >= 0.6 is 0 Å². The fraction of sp³-hybridized carbons (Fsp3) is 0.385. The van der Waals surface area contributed by atoms with Crippen LogP contribution in [0.3, 0.4) is 0 Å². The third-order valence-corrected chi connectivity index (χ3v) is 6.42. The smallest absolute Gasteiger partial charge is 0.366 e. The molecule has 2 aromatic rings. The average molecular weight is 500 g/mol. The summed E-state index contributed by atoms with van der Waals surface area (Å²) in [5.74, 6) is -3.34. The Morgan fingerprint density at radius 1 is 1.11 bits per heavy atom. The minimum Gasteiger partial charge on any atom is -0.480 e. The van der Waals surface area contributed by atoms with Crippen LogP contribution in [0.4, 0.5) is 5.69 Å². The zero-order valence-corrected chi connectivity index (χ0v) is 20.2. The molecule has 0 aromatic heterocycles. The number of carbonyl (C=O) groups is 4. The Morgan fingerprint density at radius 2 is 1.78 bits per heavy atom. The van der Waals surface area contributed by atoms with Gasteiger partial charge in [-0.25, -0.2) is 9.59 Å². The van der Waals surface area contributed by atoms with Crippen molar-refractivity contribution in [3.63, 3.8) is 0 Å². The van der Waals surface area contributed by atoms with E-state index in [2.05, 4.69) is 5.73 Å². The maximum absolute atomic E-state index is 13.5. The van der Waals surface area contributed by atoms with Crippen LogP contribution in [0.25, 0.3) is 0 Å². The zero-order chi connectivity index (χ0) is 26.2. The van der Waals surface area contributed by atoms with Crippen molar-refractivity contribution in [1.82, 2.24) is 0 Å². The molecule has 2 aromatic carbocycles. The molecule has 0 saturated heterocycles. The van der Waals surface area contributed by atoms with Gasteiger partial charge in [-0.05, 0) is 37.0 Å². The molecule has 0 saturated carbocycles. The van der Waals surface area contributed by atoms with Crippen LogP contribution in [0, 0.1) is 0 Å². The Labute approximate surface area is 209 Å². The number of ether oxygens (including phenoxy) is 1. The number of carboxylic acids is 2. The van der Waals surface area contributed by atoms with Gasteiger partial charge in [0.2, 0.25) is 6.04 Å². The molecule has 10 heteroatoms. The Balaban J connectivity index is 1.82. The third kappa shape index (κ3) is 6.89. The molecule has 10 nitrogen and oxygen atoms in total. The first-order chi connectivity index (χ1) is 17.2. The van der Waals surface area contributed by atoms with Crippen molar-refractivity contribution >= 4 is 29.5 Å². The summed E-state index contributed by atoms with van der Waals surface area (Å²) in [5.41, 5.74) is 5.96. The number of carbonyl (C=O) groups excluding carboxylic acids is 2.